The number of hydrogen-bond donors (Lipinski definition) is 0. The number of benzene rings is 1. The van der Waals surface area contributed by atoms with Gasteiger partial charge in [0.25, 0.3) is 0 Å². The molecule has 5 nitrogen and oxygen atoms in total. The lowest BCUT2D eigenvalue weighted by Gasteiger charge is -2.54. The maximum atomic E-state index is 6.62. The molecule has 0 aliphatic carbocycles. The van der Waals surface area contributed by atoms with Gasteiger partial charge >= 0.3 is 0 Å². The molecule has 0 N–H and O–H groups in total. The van der Waals surface area contributed by atoms with Gasteiger partial charge in [-0.2, -0.15) is 0 Å². The Morgan fingerprint density at radius 1 is 1.13 bits per heavy atom. The highest BCUT2D eigenvalue weighted by Crippen LogP contribution is 2.55. The van der Waals surface area contributed by atoms with Gasteiger partial charge in [0.15, 0.2) is 0 Å². The molecule has 2 saturated heterocycles. The van der Waals surface area contributed by atoms with Crippen molar-refractivity contribution in [3.63, 3.8) is 0 Å². The van der Waals surface area contributed by atoms with E-state index >= 15 is 0 Å². The zero-order chi connectivity index (χ0) is 21.8. The molecular weight excluding hydrogens is 410 g/mol. The van der Waals surface area contributed by atoms with Crippen LogP contribution in [-0.2, 0) is 4.74 Å². The highest BCUT2D eigenvalue weighted by molar-refractivity contribution is 6.30. The minimum Gasteiger partial charge on any atom is -0.487 e. The first-order chi connectivity index (χ1) is 14.8. The molecule has 0 aromatic heterocycles. The molecule has 170 valence electrons. The third kappa shape index (κ3) is 3.94. The van der Waals surface area contributed by atoms with E-state index in [0.717, 1.165) is 43.6 Å². The van der Waals surface area contributed by atoms with E-state index in [2.05, 4.69) is 61.0 Å². The molecule has 5 rings (SSSR count). The number of piperidine rings is 1. The molecule has 0 bridgehead atoms. The molecule has 6 heteroatoms. The summed E-state index contributed by atoms with van der Waals surface area (Å²) in [5.74, 6) is 1.26. The number of hydrogen-bond acceptors (Lipinski definition) is 5. The standard InChI is InChI=1S/C25H36ClN3O2/c1-18-27(4)11-13-29(18)14-12-28-9-7-25(8-10-28)16-21-23(30-17-25)20-6-5-19(26)15-22(20)31-24(21,2)3/h5-6,11,13,15,18,21,23H,7-10,12,14,16-17H2,1-4H3. The zero-order valence-corrected chi connectivity index (χ0v) is 20.1. The van der Waals surface area contributed by atoms with Crippen LogP contribution in [0.1, 0.15) is 51.7 Å². The largest absolute Gasteiger partial charge is 0.487 e. The fourth-order valence-electron chi connectivity index (χ4n) is 5.91. The molecule has 31 heavy (non-hydrogen) atoms. The van der Waals surface area contributed by atoms with E-state index in [4.69, 9.17) is 21.1 Å². The lowest BCUT2D eigenvalue weighted by atomic mass is 9.64. The van der Waals surface area contributed by atoms with E-state index in [-0.39, 0.29) is 17.1 Å². The van der Waals surface area contributed by atoms with Crippen molar-refractivity contribution in [2.24, 2.45) is 11.3 Å². The number of rotatable bonds is 3. The number of ether oxygens (including phenoxy) is 2. The third-order valence-electron chi connectivity index (χ3n) is 8.29. The van der Waals surface area contributed by atoms with Crippen LogP contribution in [0, 0.1) is 11.3 Å². The number of likely N-dealkylation sites (tertiary alicyclic amines) is 1. The fourth-order valence-corrected chi connectivity index (χ4v) is 6.08. The van der Waals surface area contributed by atoms with Crippen molar-refractivity contribution >= 4 is 11.6 Å². The van der Waals surface area contributed by atoms with Gasteiger partial charge in [-0.15, -0.1) is 0 Å². The minimum atomic E-state index is -0.253. The summed E-state index contributed by atoms with van der Waals surface area (Å²) in [7, 11) is 2.14. The SMILES string of the molecule is CC1N(C)C=CN1CCN1CCC2(CC1)COC1c3ccc(Cl)cc3OC(C)(C)C1C2. The van der Waals surface area contributed by atoms with Crippen molar-refractivity contribution in [3.05, 3.63) is 41.2 Å². The molecular formula is C25H36ClN3O2. The van der Waals surface area contributed by atoms with E-state index in [1.54, 1.807) is 0 Å². The van der Waals surface area contributed by atoms with E-state index in [1.807, 2.05) is 12.1 Å². The second-order valence-corrected chi connectivity index (χ2v) is 11.0. The molecule has 3 unspecified atom stereocenters. The third-order valence-corrected chi connectivity index (χ3v) is 8.52. The second-order valence-electron chi connectivity index (χ2n) is 10.6. The summed E-state index contributed by atoms with van der Waals surface area (Å²) < 4.78 is 13.1. The molecule has 0 saturated carbocycles. The molecule has 2 fully saturated rings. The van der Waals surface area contributed by atoms with Crippen LogP contribution in [0.2, 0.25) is 5.02 Å². The zero-order valence-electron chi connectivity index (χ0n) is 19.3. The van der Waals surface area contributed by atoms with E-state index < -0.39 is 0 Å². The highest BCUT2D eigenvalue weighted by atomic mass is 35.5. The smallest absolute Gasteiger partial charge is 0.127 e. The van der Waals surface area contributed by atoms with Crippen molar-refractivity contribution in [2.45, 2.75) is 57.9 Å². The molecule has 1 spiro atoms. The summed E-state index contributed by atoms with van der Waals surface area (Å²) in [4.78, 5) is 7.33. The fraction of sp³-hybridized carbons (Fsp3) is 0.680. The quantitative estimate of drug-likeness (QED) is 0.670. The van der Waals surface area contributed by atoms with Crippen molar-refractivity contribution < 1.29 is 9.47 Å². The van der Waals surface area contributed by atoms with Crippen LogP contribution in [0.4, 0.5) is 0 Å². The first-order valence-electron chi connectivity index (χ1n) is 11.7. The molecule has 4 heterocycles. The summed E-state index contributed by atoms with van der Waals surface area (Å²) >= 11 is 6.22. The Labute approximate surface area is 191 Å². The normalized spacial score (nSPS) is 31.5. The lowest BCUT2D eigenvalue weighted by molar-refractivity contribution is -0.174. The van der Waals surface area contributed by atoms with Gasteiger partial charge in [0.2, 0.25) is 0 Å². The van der Waals surface area contributed by atoms with Crippen LogP contribution in [0.3, 0.4) is 0 Å². The highest BCUT2D eigenvalue weighted by Gasteiger charge is 2.52. The van der Waals surface area contributed by atoms with Crippen molar-refractivity contribution in [2.75, 3.05) is 39.8 Å². The van der Waals surface area contributed by atoms with Crippen LogP contribution in [0.15, 0.2) is 30.6 Å². The van der Waals surface area contributed by atoms with Gasteiger partial charge in [0.05, 0.1) is 18.9 Å². The van der Waals surface area contributed by atoms with Gasteiger partial charge in [-0.3, -0.25) is 0 Å². The Kier molecular flexibility index (Phi) is 5.43. The Bertz CT molecular complexity index is 849. The maximum Gasteiger partial charge on any atom is 0.127 e. The summed E-state index contributed by atoms with van der Waals surface area (Å²) in [6.07, 6.45) is 8.58. The molecule has 4 aliphatic rings. The van der Waals surface area contributed by atoms with Crippen molar-refractivity contribution in [1.82, 2.24) is 14.7 Å². The molecule has 1 aromatic rings. The Balaban J connectivity index is 1.22. The number of fused-ring (bicyclic) bond motifs is 3. The predicted octanol–water partition coefficient (Wildman–Crippen LogP) is 4.74. The minimum absolute atomic E-state index is 0.111. The Morgan fingerprint density at radius 2 is 1.90 bits per heavy atom. The van der Waals surface area contributed by atoms with E-state index in [1.165, 1.54) is 24.8 Å². The van der Waals surface area contributed by atoms with Gasteiger partial charge in [0, 0.05) is 49.0 Å². The predicted molar refractivity (Wildman–Crippen MR) is 124 cm³/mol. The molecule has 3 atom stereocenters. The van der Waals surface area contributed by atoms with Crippen LogP contribution in [0.25, 0.3) is 0 Å². The average molecular weight is 446 g/mol. The van der Waals surface area contributed by atoms with Gasteiger partial charge in [0.1, 0.15) is 11.4 Å². The Morgan fingerprint density at radius 3 is 2.61 bits per heavy atom. The first-order valence-corrected chi connectivity index (χ1v) is 12.1. The van der Waals surface area contributed by atoms with Crippen molar-refractivity contribution in [3.8, 4) is 5.75 Å². The van der Waals surface area contributed by atoms with Crippen molar-refractivity contribution in [1.29, 1.82) is 0 Å². The summed E-state index contributed by atoms with van der Waals surface area (Å²) in [6.45, 7) is 12.1. The topological polar surface area (TPSA) is 28.2 Å². The average Bonchev–Trinajstić information content (AvgIpc) is 3.05. The lowest BCUT2D eigenvalue weighted by Crippen LogP contribution is -2.54. The van der Waals surface area contributed by atoms with E-state index in [9.17, 15) is 0 Å². The molecule has 1 aromatic carbocycles. The molecule has 0 amide bonds. The monoisotopic (exact) mass is 445 g/mol. The van der Waals surface area contributed by atoms with Crippen LogP contribution < -0.4 is 4.74 Å². The van der Waals surface area contributed by atoms with Gasteiger partial charge in [-0.05, 0) is 70.7 Å². The summed E-state index contributed by atoms with van der Waals surface area (Å²) in [5, 5.41) is 0.720. The first kappa shape index (κ1) is 21.4. The summed E-state index contributed by atoms with van der Waals surface area (Å²) in [5.41, 5.74) is 1.19. The van der Waals surface area contributed by atoms with Gasteiger partial charge in [-0.25, -0.2) is 0 Å². The number of nitrogens with zero attached hydrogens (tertiary/aromatic N) is 3. The van der Waals surface area contributed by atoms with E-state index in [0.29, 0.717) is 12.1 Å². The van der Waals surface area contributed by atoms with Gasteiger partial charge in [-0.1, -0.05) is 17.7 Å². The van der Waals surface area contributed by atoms with Crippen LogP contribution in [-0.4, -0.2) is 66.3 Å². The van der Waals surface area contributed by atoms with Gasteiger partial charge < -0.3 is 24.2 Å². The Hall–Kier alpha value is -1.43. The molecule has 0 radical (unpaired) electrons. The second kappa shape index (κ2) is 7.86. The summed E-state index contributed by atoms with van der Waals surface area (Å²) in [6, 6.07) is 5.99. The van der Waals surface area contributed by atoms with Crippen LogP contribution >= 0.6 is 11.6 Å². The van der Waals surface area contributed by atoms with Crippen LogP contribution in [0.5, 0.6) is 5.75 Å². The number of halogens is 1. The molecule has 4 aliphatic heterocycles. The maximum absolute atomic E-state index is 6.62.